The normalized spacial score (nSPS) is 16.3. The number of anilines is 2. The van der Waals surface area contributed by atoms with Gasteiger partial charge in [0, 0.05) is 62.3 Å². The lowest BCUT2D eigenvalue weighted by Gasteiger charge is -2.39. The number of ether oxygens (including phenoxy) is 1. The number of nitriles is 1. The average Bonchev–Trinajstić information content (AvgIpc) is 3.60. The van der Waals surface area contributed by atoms with Crippen LogP contribution in [0.3, 0.4) is 0 Å². The largest absolute Gasteiger partial charge is 0.490 e. The fourth-order valence-corrected chi connectivity index (χ4v) is 6.52. The maximum Gasteiger partial charge on any atom is 0.490 e. The fourth-order valence-electron chi connectivity index (χ4n) is 6.01. The first kappa shape index (κ1) is 40.0. The van der Waals surface area contributed by atoms with E-state index >= 15 is 0 Å². The number of nitrogens with one attached hydrogen (secondary N) is 2. The maximum atomic E-state index is 14.8. The van der Waals surface area contributed by atoms with E-state index in [0.29, 0.717) is 79.5 Å². The van der Waals surface area contributed by atoms with Crippen molar-refractivity contribution in [3.05, 3.63) is 70.3 Å². The van der Waals surface area contributed by atoms with Gasteiger partial charge >= 0.3 is 12.1 Å². The second-order valence-electron chi connectivity index (χ2n) is 12.1. The van der Waals surface area contributed by atoms with Crippen molar-refractivity contribution in [1.82, 2.24) is 29.5 Å². The summed E-state index contributed by atoms with van der Waals surface area (Å²) < 4.78 is 53.4. The number of hydrogen-bond donors (Lipinski definition) is 4. The summed E-state index contributed by atoms with van der Waals surface area (Å²) in [5.74, 6) is -3.64. The van der Waals surface area contributed by atoms with Crippen LogP contribution in [0.2, 0.25) is 10.0 Å². The van der Waals surface area contributed by atoms with Gasteiger partial charge in [0.1, 0.15) is 6.07 Å². The van der Waals surface area contributed by atoms with E-state index in [1.165, 1.54) is 6.07 Å². The van der Waals surface area contributed by atoms with Crippen molar-refractivity contribution >= 4 is 58.1 Å². The maximum absolute atomic E-state index is 14.8. The van der Waals surface area contributed by atoms with Crippen LogP contribution in [0, 0.1) is 23.1 Å². The number of halogens is 6. The highest BCUT2D eigenvalue weighted by atomic mass is 35.5. The zero-order chi connectivity index (χ0) is 39.2. The number of imidazole rings is 1. The molecule has 0 aliphatic carbocycles. The molecule has 4 heterocycles. The number of alkyl halides is 3. The fraction of sp³-hybridized carbons (Fsp3) is 0.353. The molecule has 2 aliphatic heterocycles. The molecule has 1 atom stereocenters. The van der Waals surface area contributed by atoms with Gasteiger partial charge in [0.15, 0.2) is 29.6 Å². The average molecular weight is 796 g/mol. The van der Waals surface area contributed by atoms with E-state index in [2.05, 4.69) is 20.6 Å². The van der Waals surface area contributed by atoms with Crippen LogP contribution in [0.4, 0.5) is 29.1 Å². The number of benzene rings is 2. The molecule has 2 saturated heterocycles. The van der Waals surface area contributed by atoms with E-state index in [-0.39, 0.29) is 52.8 Å². The first-order valence-electron chi connectivity index (χ1n) is 16.3. The van der Waals surface area contributed by atoms with Crippen LogP contribution in [0.25, 0.3) is 16.9 Å². The number of carbonyl (C=O) groups is 3. The molecular formula is C34H32Cl2F4N8O6. The molecule has 0 bridgehead atoms. The highest BCUT2D eigenvalue weighted by Gasteiger charge is 2.38. The Labute approximate surface area is 314 Å². The van der Waals surface area contributed by atoms with Crippen molar-refractivity contribution in [2.24, 2.45) is 5.92 Å². The van der Waals surface area contributed by atoms with Crippen molar-refractivity contribution in [3.63, 3.8) is 0 Å². The van der Waals surface area contributed by atoms with Crippen LogP contribution in [0.1, 0.15) is 23.2 Å². The Morgan fingerprint density at radius 1 is 1.11 bits per heavy atom. The minimum absolute atomic E-state index is 0.0362. The van der Waals surface area contributed by atoms with Crippen molar-refractivity contribution in [1.29, 1.82) is 5.26 Å². The Bertz CT molecular complexity index is 2070. The Morgan fingerprint density at radius 2 is 1.83 bits per heavy atom. The van der Waals surface area contributed by atoms with Gasteiger partial charge < -0.3 is 35.4 Å². The summed E-state index contributed by atoms with van der Waals surface area (Å²) in [5, 5.41) is 32.0. The molecule has 0 spiro atoms. The van der Waals surface area contributed by atoms with E-state index in [0.717, 1.165) is 0 Å². The first-order valence-corrected chi connectivity index (χ1v) is 17.1. The predicted molar refractivity (Wildman–Crippen MR) is 187 cm³/mol. The van der Waals surface area contributed by atoms with Crippen molar-refractivity contribution in [2.75, 3.05) is 51.3 Å². The number of piperidine rings is 1. The first-order chi connectivity index (χ1) is 25.7. The molecule has 14 nitrogen and oxygen atoms in total. The number of nitrogens with zero attached hydrogens (tertiary/aromatic N) is 6. The van der Waals surface area contributed by atoms with Gasteiger partial charge in [-0.15, -0.1) is 0 Å². The summed E-state index contributed by atoms with van der Waals surface area (Å²) in [6.45, 7) is 2.30. The number of likely N-dealkylation sites (tertiary alicyclic amines) is 1. The van der Waals surface area contributed by atoms with Crippen LogP contribution in [-0.4, -0.2) is 110 Å². The molecule has 2 amide bonds. The van der Waals surface area contributed by atoms with E-state index in [9.17, 15) is 32.3 Å². The molecule has 2 aliphatic rings. The Morgan fingerprint density at radius 3 is 2.48 bits per heavy atom. The molecule has 0 radical (unpaired) electrons. The Hall–Kier alpha value is -5.22. The minimum atomic E-state index is -5.08. The van der Waals surface area contributed by atoms with Crippen LogP contribution in [0.15, 0.2) is 48.9 Å². The van der Waals surface area contributed by atoms with Crippen molar-refractivity contribution < 1.29 is 46.9 Å². The van der Waals surface area contributed by atoms with Gasteiger partial charge in [-0.1, -0.05) is 23.2 Å². The SMILES string of the molecule is N#CCOc1ccc(-c2cnc3c(Nc4ccc(C(=O)N5CCC(C(=O)N6CCNCC6CO)CC5)c(Cl)c4)nccn23)c(Cl)c1F.O=C(O)C(F)(F)F. The summed E-state index contributed by atoms with van der Waals surface area (Å²) in [5.41, 5.74) is 2.22. The quantitative estimate of drug-likeness (QED) is 0.180. The Balaban J connectivity index is 0.000000730. The molecule has 286 valence electrons. The lowest BCUT2D eigenvalue weighted by atomic mass is 9.93. The third-order valence-corrected chi connectivity index (χ3v) is 9.41. The summed E-state index contributed by atoms with van der Waals surface area (Å²) in [6, 6.07) is 9.55. The van der Waals surface area contributed by atoms with E-state index in [1.807, 2.05) is 0 Å². The zero-order valence-corrected chi connectivity index (χ0v) is 29.6. The number of rotatable bonds is 8. The molecule has 0 saturated carbocycles. The molecule has 2 fully saturated rings. The lowest BCUT2D eigenvalue weighted by molar-refractivity contribution is -0.192. The highest BCUT2D eigenvalue weighted by molar-refractivity contribution is 6.34. The highest BCUT2D eigenvalue weighted by Crippen LogP contribution is 2.36. The van der Waals surface area contributed by atoms with Gasteiger partial charge in [0.25, 0.3) is 5.91 Å². The Kier molecular flexibility index (Phi) is 12.8. The number of fused-ring (bicyclic) bond motifs is 1. The smallest absolute Gasteiger partial charge is 0.476 e. The monoisotopic (exact) mass is 794 g/mol. The molecule has 4 aromatic rings. The predicted octanol–water partition coefficient (Wildman–Crippen LogP) is 4.77. The van der Waals surface area contributed by atoms with Gasteiger partial charge in [-0.05, 0) is 43.2 Å². The molecule has 20 heteroatoms. The van der Waals surface area contributed by atoms with Crippen LogP contribution >= 0.6 is 23.2 Å². The molecule has 54 heavy (non-hydrogen) atoms. The topological polar surface area (TPSA) is 185 Å². The molecule has 1 unspecified atom stereocenters. The lowest BCUT2D eigenvalue weighted by Crippen LogP contribution is -2.57. The second kappa shape index (κ2) is 17.3. The number of aliphatic hydroxyl groups excluding tert-OH is 1. The molecule has 2 aromatic carbocycles. The number of aliphatic carboxylic acids is 1. The number of aromatic nitrogens is 3. The summed E-state index contributed by atoms with van der Waals surface area (Å²) in [6.07, 6.45) is 0.761. The number of amides is 2. The summed E-state index contributed by atoms with van der Waals surface area (Å²) >= 11 is 12.9. The van der Waals surface area contributed by atoms with Crippen LogP contribution in [0.5, 0.6) is 5.75 Å². The van der Waals surface area contributed by atoms with Gasteiger partial charge in [-0.25, -0.2) is 19.2 Å². The van der Waals surface area contributed by atoms with E-state index in [1.54, 1.807) is 63.1 Å². The number of piperazine rings is 1. The third kappa shape index (κ3) is 8.93. The van der Waals surface area contributed by atoms with Crippen molar-refractivity contribution in [3.8, 4) is 23.1 Å². The van der Waals surface area contributed by atoms with Gasteiger partial charge in [-0.3, -0.25) is 14.0 Å². The van der Waals surface area contributed by atoms with Gasteiger partial charge in [0.2, 0.25) is 5.91 Å². The molecular weight excluding hydrogens is 763 g/mol. The molecule has 4 N–H and O–H groups in total. The van der Waals surface area contributed by atoms with Crippen LogP contribution < -0.4 is 15.4 Å². The second-order valence-corrected chi connectivity index (χ2v) is 12.8. The van der Waals surface area contributed by atoms with Crippen molar-refractivity contribution in [2.45, 2.75) is 25.1 Å². The number of carboxylic acid groups (broad SMARTS) is 1. The van der Waals surface area contributed by atoms with E-state index in [4.69, 9.17) is 43.1 Å². The van der Waals surface area contributed by atoms with Crippen LogP contribution in [-0.2, 0) is 9.59 Å². The molecule has 2 aromatic heterocycles. The molecule has 6 rings (SSSR count). The minimum Gasteiger partial charge on any atom is -0.476 e. The number of carboxylic acids is 1. The van der Waals surface area contributed by atoms with Gasteiger partial charge in [0.05, 0.1) is 40.1 Å². The number of aliphatic hydroxyl groups is 1. The summed E-state index contributed by atoms with van der Waals surface area (Å²) in [4.78, 5) is 47.8. The summed E-state index contributed by atoms with van der Waals surface area (Å²) in [7, 11) is 0. The number of carbonyl (C=O) groups excluding carboxylic acids is 2. The van der Waals surface area contributed by atoms with E-state index < -0.39 is 18.0 Å². The zero-order valence-electron chi connectivity index (χ0n) is 28.1. The van der Waals surface area contributed by atoms with Gasteiger partial charge in [-0.2, -0.15) is 18.4 Å². The third-order valence-electron chi connectivity index (χ3n) is 8.72. The number of hydrogen-bond acceptors (Lipinski definition) is 10. The standard InChI is InChI=1S/C32H31Cl2FN8O4.C2HF3O2/c33-24-15-20(1-2-22(24)32(46)41-10-5-19(6-11-41)31(45)42-12-8-37-16-21(42)18-44)40-29-30-39-17-25(43(30)13-9-38-29)23-3-4-26(47-14-7-36)28(35)27(23)34;3-2(4,5)1(6)7/h1-4,9,13,15,17,19,21,37,44H,5-6,8,10-12,14,16,18H2,(H,38,40);(H,6,7).